The van der Waals surface area contributed by atoms with E-state index in [0.717, 1.165) is 25.0 Å². The number of aliphatic hydroxyl groups is 1. The fourth-order valence-electron chi connectivity index (χ4n) is 1.46. The molecule has 0 aliphatic carbocycles. The number of rotatable bonds is 7. The van der Waals surface area contributed by atoms with Crippen LogP contribution in [0.2, 0.25) is 0 Å². The van der Waals surface area contributed by atoms with Gasteiger partial charge in [0.2, 0.25) is 0 Å². The molecule has 1 N–H and O–H groups in total. The van der Waals surface area contributed by atoms with E-state index in [1.54, 1.807) is 11.8 Å². The van der Waals surface area contributed by atoms with Gasteiger partial charge in [-0.3, -0.25) is 0 Å². The zero-order valence-electron chi connectivity index (χ0n) is 9.60. The maximum Gasteiger partial charge on any atom is 0.0711 e. The van der Waals surface area contributed by atoms with E-state index in [4.69, 9.17) is 11.6 Å². The monoisotopic (exact) mass is 258 g/mol. The first-order chi connectivity index (χ1) is 7.74. The Bertz CT molecular complexity index is 279. The number of hydrogen-bond acceptors (Lipinski definition) is 2. The van der Waals surface area contributed by atoms with E-state index in [1.165, 1.54) is 4.90 Å². The summed E-state index contributed by atoms with van der Waals surface area (Å²) >= 11 is 7.82. The summed E-state index contributed by atoms with van der Waals surface area (Å²) < 4.78 is 0. The standard InChI is InChI=1S/C13H19ClOS/c1-2-6-12(14)13(15)9-10-16-11-7-4-3-5-8-11/h3-5,7-8,12-13,15H,2,6,9-10H2,1H3/t12-,13+/m0/s1. The van der Waals surface area contributed by atoms with Crippen LogP contribution >= 0.6 is 23.4 Å². The number of alkyl halides is 1. The Hall–Kier alpha value is -0.180. The average Bonchev–Trinajstić information content (AvgIpc) is 2.30. The minimum absolute atomic E-state index is 0.0960. The Morgan fingerprint density at radius 3 is 2.56 bits per heavy atom. The van der Waals surface area contributed by atoms with E-state index in [-0.39, 0.29) is 11.5 Å². The molecule has 0 aliphatic rings. The molecule has 2 atom stereocenters. The molecule has 0 unspecified atom stereocenters. The molecule has 0 radical (unpaired) electrons. The maximum absolute atomic E-state index is 9.78. The Kier molecular flexibility index (Phi) is 6.93. The molecule has 3 heteroatoms. The highest BCUT2D eigenvalue weighted by Gasteiger charge is 2.14. The summed E-state index contributed by atoms with van der Waals surface area (Å²) in [7, 11) is 0. The number of halogens is 1. The Labute approximate surface area is 107 Å². The molecular formula is C13H19ClOS. The Morgan fingerprint density at radius 1 is 1.25 bits per heavy atom. The Balaban J connectivity index is 2.20. The van der Waals surface area contributed by atoms with Crippen molar-refractivity contribution in [2.24, 2.45) is 0 Å². The van der Waals surface area contributed by atoms with Gasteiger partial charge in [0, 0.05) is 10.6 Å². The maximum atomic E-state index is 9.78. The van der Waals surface area contributed by atoms with Gasteiger partial charge in [-0.15, -0.1) is 23.4 Å². The van der Waals surface area contributed by atoms with Crippen LogP contribution in [0.5, 0.6) is 0 Å². The number of benzene rings is 1. The van der Waals surface area contributed by atoms with E-state index in [9.17, 15) is 5.11 Å². The van der Waals surface area contributed by atoms with Crippen molar-refractivity contribution in [1.82, 2.24) is 0 Å². The number of hydrogen-bond donors (Lipinski definition) is 1. The topological polar surface area (TPSA) is 20.2 Å². The molecule has 0 aromatic heterocycles. The summed E-state index contributed by atoms with van der Waals surface area (Å²) in [6, 6.07) is 10.2. The van der Waals surface area contributed by atoms with Gasteiger partial charge in [-0.05, 0) is 25.0 Å². The smallest absolute Gasteiger partial charge is 0.0711 e. The Morgan fingerprint density at radius 2 is 1.94 bits per heavy atom. The lowest BCUT2D eigenvalue weighted by atomic mass is 10.1. The zero-order valence-corrected chi connectivity index (χ0v) is 11.2. The molecule has 0 spiro atoms. The third kappa shape index (κ3) is 5.24. The third-order valence-corrected chi connectivity index (χ3v) is 3.96. The van der Waals surface area contributed by atoms with E-state index < -0.39 is 0 Å². The fourth-order valence-corrected chi connectivity index (χ4v) is 2.75. The molecule has 90 valence electrons. The van der Waals surface area contributed by atoms with Gasteiger partial charge in [-0.25, -0.2) is 0 Å². The lowest BCUT2D eigenvalue weighted by Crippen LogP contribution is -2.21. The van der Waals surface area contributed by atoms with Crippen LogP contribution in [0.4, 0.5) is 0 Å². The van der Waals surface area contributed by atoms with Crippen LogP contribution in [-0.4, -0.2) is 22.3 Å². The first kappa shape index (κ1) is 13.9. The molecule has 0 bridgehead atoms. The van der Waals surface area contributed by atoms with Crippen molar-refractivity contribution in [3.05, 3.63) is 30.3 Å². The van der Waals surface area contributed by atoms with Crippen LogP contribution in [0, 0.1) is 0 Å². The normalized spacial score (nSPS) is 14.7. The van der Waals surface area contributed by atoms with Gasteiger partial charge < -0.3 is 5.11 Å². The van der Waals surface area contributed by atoms with Gasteiger partial charge in [0.05, 0.1) is 11.5 Å². The molecule has 0 amide bonds. The van der Waals surface area contributed by atoms with Gasteiger partial charge in [0.1, 0.15) is 0 Å². The highest BCUT2D eigenvalue weighted by atomic mass is 35.5. The van der Waals surface area contributed by atoms with E-state index >= 15 is 0 Å². The van der Waals surface area contributed by atoms with Gasteiger partial charge in [0.25, 0.3) is 0 Å². The predicted molar refractivity (Wildman–Crippen MR) is 72.3 cm³/mol. The highest BCUT2D eigenvalue weighted by molar-refractivity contribution is 7.99. The lowest BCUT2D eigenvalue weighted by Gasteiger charge is -2.15. The quantitative estimate of drug-likeness (QED) is 0.591. The summed E-state index contributed by atoms with van der Waals surface area (Å²) in [5.41, 5.74) is 0. The lowest BCUT2D eigenvalue weighted by molar-refractivity contribution is 0.162. The third-order valence-electron chi connectivity index (χ3n) is 2.41. The zero-order chi connectivity index (χ0) is 11.8. The fraction of sp³-hybridized carbons (Fsp3) is 0.538. The van der Waals surface area contributed by atoms with E-state index in [0.29, 0.717) is 0 Å². The van der Waals surface area contributed by atoms with Gasteiger partial charge in [-0.1, -0.05) is 31.5 Å². The minimum atomic E-state index is -0.377. The van der Waals surface area contributed by atoms with Crippen molar-refractivity contribution in [1.29, 1.82) is 0 Å². The minimum Gasteiger partial charge on any atom is -0.392 e. The van der Waals surface area contributed by atoms with Crippen LogP contribution < -0.4 is 0 Å². The van der Waals surface area contributed by atoms with E-state index in [2.05, 4.69) is 19.1 Å². The van der Waals surface area contributed by atoms with Crippen LogP contribution in [0.15, 0.2) is 35.2 Å². The first-order valence-corrected chi connectivity index (χ1v) is 7.16. The average molecular weight is 259 g/mol. The van der Waals surface area contributed by atoms with Crippen LogP contribution in [0.1, 0.15) is 26.2 Å². The second-order valence-electron chi connectivity index (χ2n) is 3.82. The molecule has 1 rings (SSSR count). The van der Waals surface area contributed by atoms with Crippen molar-refractivity contribution < 1.29 is 5.11 Å². The molecule has 0 heterocycles. The summed E-state index contributed by atoms with van der Waals surface area (Å²) in [5, 5.41) is 9.69. The van der Waals surface area contributed by atoms with Gasteiger partial charge >= 0.3 is 0 Å². The molecular weight excluding hydrogens is 240 g/mol. The summed E-state index contributed by atoms with van der Waals surface area (Å²) in [6.45, 7) is 2.08. The summed E-state index contributed by atoms with van der Waals surface area (Å²) in [6.07, 6.45) is 2.29. The van der Waals surface area contributed by atoms with Gasteiger partial charge in [-0.2, -0.15) is 0 Å². The number of thioether (sulfide) groups is 1. The van der Waals surface area contributed by atoms with Crippen molar-refractivity contribution in [3.8, 4) is 0 Å². The molecule has 0 aliphatic heterocycles. The van der Waals surface area contributed by atoms with Crippen LogP contribution in [0.3, 0.4) is 0 Å². The molecule has 0 fully saturated rings. The summed E-state index contributed by atoms with van der Waals surface area (Å²) in [5.74, 6) is 0.915. The van der Waals surface area contributed by atoms with Crippen molar-refractivity contribution in [3.63, 3.8) is 0 Å². The summed E-state index contributed by atoms with van der Waals surface area (Å²) in [4.78, 5) is 1.25. The molecule has 1 aromatic rings. The predicted octanol–water partition coefficient (Wildman–Crippen LogP) is 3.94. The van der Waals surface area contributed by atoms with Crippen molar-refractivity contribution >= 4 is 23.4 Å². The van der Waals surface area contributed by atoms with Crippen molar-refractivity contribution in [2.45, 2.75) is 42.6 Å². The second kappa shape index (κ2) is 7.99. The molecule has 1 aromatic carbocycles. The second-order valence-corrected chi connectivity index (χ2v) is 5.55. The molecule has 0 saturated carbocycles. The number of aliphatic hydroxyl groups excluding tert-OH is 1. The van der Waals surface area contributed by atoms with Gasteiger partial charge in [0.15, 0.2) is 0 Å². The largest absolute Gasteiger partial charge is 0.392 e. The van der Waals surface area contributed by atoms with E-state index in [1.807, 2.05) is 18.2 Å². The molecule has 16 heavy (non-hydrogen) atoms. The first-order valence-electron chi connectivity index (χ1n) is 5.74. The molecule has 1 nitrogen and oxygen atoms in total. The highest BCUT2D eigenvalue weighted by Crippen LogP contribution is 2.21. The SMILES string of the molecule is CCC[C@H](Cl)[C@H](O)CCSc1ccccc1. The van der Waals surface area contributed by atoms with Crippen molar-refractivity contribution in [2.75, 3.05) is 5.75 Å². The molecule has 0 saturated heterocycles. The van der Waals surface area contributed by atoms with Crippen LogP contribution in [-0.2, 0) is 0 Å². The van der Waals surface area contributed by atoms with Crippen LogP contribution in [0.25, 0.3) is 0 Å².